The van der Waals surface area contributed by atoms with Gasteiger partial charge in [0.15, 0.2) is 0 Å². The van der Waals surface area contributed by atoms with Crippen LogP contribution in [-0.4, -0.2) is 5.67 Å². The summed E-state index contributed by atoms with van der Waals surface area (Å²) in [5.74, 6) is 0. The normalized spacial score (nSPS) is 12.0. The zero-order chi connectivity index (χ0) is 6.62. The van der Waals surface area contributed by atoms with Crippen LogP contribution in [0.5, 0.6) is 0 Å². The molecule has 1 heteroatoms. The van der Waals surface area contributed by atoms with E-state index in [2.05, 4.69) is 0 Å². The summed E-state index contributed by atoms with van der Waals surface area (Å²) in [5.41, 5.74) is -1.07. The molecule has 1 radical (unpaired) electrons. The van der Waals surface area contributed by atoms with Gasteiger partial charge in [0.05, 0.1) is 0 Å². The molecule has 0 saturated carbocycles. The average Bonchev–Trinajstić information content (AvgIpc) is 1.59. The Kier molecular flexibility index (Phi) is 3.03. The van der Waals surface area contributed by atoms with Gasteiger partial charge in [0, 0.05) is 0 Å². The van der Waals surface area contributed by atoms with E-state index in [0.717, 1.165) is 12.8 Å². The van der Waals surface area contributed by atoms with E-state index in [-0.39, 0.29) is 0 Å². The number of hydrogen-bond donors (Lipinski definition) is 0. The van der Waals surface area contributed by atoms with Crippen molar-refractivity contribution in [3.05, 3.63) is 6.42 Å². The zero-order valence-electron chi connectivity index (χ0n) is 5.87. The van der Waals surface area contributed by atoms with Crippen molar-refractivity contribution in [3.8, 4) is 0 Å². The van der Waals surface area contributed by atoms with Gasteiger partial charge in [0.1, 0.15) is 5.67 Å². The van der Waals surface area contributed by atoms with Crippen molar-refractivity contribution in [1.82, 2.24) is 0 Å². The third-order valence-corrected chi connectivity index (χ3v) is 0.918. The monoisotopic (exact) mass is 117 g/mol. The molecule has 0 unspecified atom stereocenters. The lowest BCUT2D eigenvalue weighted by atomic mass is 10.0. The number of halogens is 1. The topological polar surface area (TPSA) is 0 Å². The lowest BCUT2D eigenvalue weighted by molar-refractivity contribution is 0.255. The molecule has 0 aromatic rings. The van der Waals surface area contributed by atoms with Crippen molar-refractivity contribution in [2.75, 3.05) is 0 Å². The van der Waals surface area contributed by atoms with Crippen LogP contribution >= 0.6 is 0 Å². The summed E-state index contributed by atoms with van der Waals surface area (Å²) in [6.45, 7) is 5.19. The highest BCUT2D eigenvalue weighted by atomic mass is 19.1. The van der Waals surface area contributed by atoms with Gasteiger partial charge < -0.3 is 0 Å². The van der Waals surface area contributed by atoms with Crippen molar-refractivity contribution in [1.29, 1.82) is 0 Å². The van der Waals surface area contributed by atoms with Gasteiger partial charge in [0.2, 0.25) is 0 Å². The van der Waals surface area contributed by atoms with Gasteiger partial charge in [-0.05, 0) is 26.7 Å². The van der Waals surface area contributed by atoms with Crippen LogP contribution in [0.15, 0.2) is 0 Å². The molecule has 0 spiro atoms. The molecular weight excluding hydrogens is 103 g/mol. The fraction of sp³-hybridized carbons (Fsp3) is 0.857. The molecule has 49 valence electrons. The second kappa shape index (κ2) is 3.06. The summed E-state index contributed by atoms with van der Waals surface area (Å²) >= 11 is 0. The van der Waals surface area contributed by atoms with E-state index < -0.39 is 5.67 Å². The summed E-state index contributed by atoms with van der Waals surface area (Å²) in [6.07, 6.45) is 3.61. The minimum Gasteiger partial charge on any atom is -0.244 e. The van der Waals surface area contributed by atoms with Crippen LogP contribution in [0.1, 0.15) is 33.6 Å². The van der Waals surface area contributed by atoms with E-state index >= 15 is 0 Å². The van der Waals surface area contributed by atoms with Crippen LogP contribution in [0.2, 0.25) is 0 Å². The summed E-state index contributed by atoms with van der Waals surface area (Å²) in [6, 6.07) is 0. The predicted molar refractivity (Wildman–Crippen MR) is 34.4 cm³/mol. The first-order valence-corrected chi connectivity index (χ1v) is 3.09. The molecule has 0 fully saturated rings. The van der Waals surface area contributed by atoms with Crippen LogP contribution in [0.3, 0.4) is 0 Å². The summed E-state index contributed by atoms with van der Waals surface area (Å²) in [5, 5.41) is 0. The minimum atomic E-state index is -1.07. The van der Waals surface area contributed by atoms with Crippen LogP contribution in [0.25, 0.3) is 0 Å². The Balaban J connectivity index is 3.11. The first-order chi connectivity index (χ1) is 3.56. The summed E-state index contributed by atoms with van der Waals surface area (Å²) in [4.78, 5) is 0. The second-order valence-corrected chi connectivity index (χ2v) is 2.56. The maximum absolute atomic E-state index is 12.5. The van der Waals surface area contributed by atoms with Crippen LogP contribution in [-0.2, 0) is 0 Å². The largest absolute Gasteiger partial charge is 0.244 e. The smallest absolute Gasteiger partial charge is 0.108 e. The van der Waals surface area contributed by atoms with Crippen molar-refractivity contribution in [3.63, 3.8) is 0 Å². The Hall–Kier alpha value is -0.0700. The Morgan fingerprint density at radius 3 is 2.12 bits per heavy atom. The molecule has 0 N–H and O–H groups in total. The highest BCUT2D eigenvalue weighted by molar-refractivity contribution is 4.83. The highest BCUT2D eigenvalue weighted by Gasteiger charge is 2.13. The van der Waals surface area contributed by atoms with Crippen molar-refractivity contribution in [2.24, 2.45) is 0 Å². The van der Waals surface area contributed by atoms with E-state index in [1.54, 1.807) is 20.3 Å². The Labute approximate surface area is 51.1 Å². The van der Waals surface area contributed by atoms with E-state index in [4.69, 9.17) is 0 Å². The molecular formula is C7H14F. The third kappa shape index (κ3) is 5.93. The maximum Gasteiger partial charge on any atom is 0.108 e. The standard InChI is InChI=1S/C7H14F/c1-4-5-6-7(2,3)8/h6H,4-5H2,1-3H3. The molecule has 0 nitrogen and oxygen atoms in total. The molecule has 0 bridgehead atoms. The average molecular weight is 117 g/mol. The highest BCUT2D eigenvalue weighted by Crippen LogP contribution is 2.15. The first-order valence-electron chi connectivity index (χ1n) is 3.09. The second-order valence-electron chi connectivity index (χ2n) is 2.56. The van der Waals surface area contributed by atoms with Gasteiger partial charge in [-0.15, -0.1) is 0 Å². The van der Waals surface area contributed by atoms with Gasteiger partial charge >= 0.3 is 0 Å². The molecule has 0 aliphatic rings. The molecule has 0 atom stereocenters. The molecule has 0 aromatic heterocycles. The Morgan fingerprint density at radius 1 is 1.50 bits per heavy atom. The lowest BCUT2D eigenvalue weighted by Crippen LogP contribution is -2.11. The SMILES string of the molecule is CCC[CH]C(C)(C)F. The van der Waals surface area contributed by atoms with E-state index in [1.165, 1.54) is 0 Å². The molecule has 0 saturated heterocycles. The Bertz CT molecular complexity index is 51.9. The van der Waals surface area contributed by atoms with Crippen molar-refractivity contribution < 1.29 is 4.39 Å². The predicted octanol–water partition coefficient (Wildman–Crippen LogP) is 2.74. The molecule has 0 heterocycles. The molecule has 0 aliphatic carbocycles. The molecule has 0 aromatic carbocycles. The van der Waals surface area contributed by atoms with Gasteiger partial charge in [-0.1, -0.05) is 13.3 Å². The van der Waals surface area contributed by atoms with Gasteiger partial charge in [0.25, 0.3) is 0 Å². The molecule has 0 amide bonds. The Morgan fingerprint density at radius 2 is 2.00 bits per heavy atom. The number of unbranched alkanes of at least 4 members (excludes halogenated alkanes) is 1. The van der Waals surface area contributed by atoms with Gasteiger partial charge in [-0.25, -0.2) is 4.39 Å². The number of hydrogen-bond acceptors (Lipinski definition) is 0. The van der Waals surface area contributed by atoms with Crippen LogP contribution < -0.4 is 0 Å². The fourth-order valence-electron chi connectivity index (χ4n) is 0.488. The lowest BCUT2D eigenvalue weighted by Gasteiger charge is -2.11. The van der Waals surface area contributed by atoms with E-state index in [1.807, 2.05) is 6.92 Å². The van der Waals surface area contributed by atoms with Gasteiger partial charge in [-0.2, -0.15) is 0 Å². The minimum absolute atomic E-state index is 0.878. The van der Waals surface area contributed by atoms with Gasteiger partial charge in [-0.3, -0.25) is 0 Å². The van der Waals surface area contributed by atoms with E-state index in [9.17, 15) is 4.39 Å². The van der Waals surface area contributed by atoms with Crippen LogP contribution in [0, 0.1) is 6.42 Å². The number of rotatable bonds is 3. The zero-order valence-corrected chi connectivity index (χ0v) is 5.87. The third-order valence-electron chi connectivity index (χ3n) is 0.918. The van der Waals surface area contributed by atoms with Crippen LogP contribution in [0.4, 0.5) is 4.39 Å². The summed E-state index contributed by atoms with van der Waals surface area (Å²) in [7, 11) is 0. The number of alkyl halides is 1. The molecule has 0 rings (SSSR count). The van der Waals surface area contributed by atoms with Crippen molar-refractivity contribution >= 4 is 0 Å². The maximum atomic E-state index is 12.5. The fourth-order valence-corrected chi connectivity index (χ4v) is 0.488. The summed E-state index contributed by atoms with van der Waals surface area (Å²) < 4.78 is 12.5. The quantitative estimate of drug-likeness (QED) is 0.533. The molecule has 8 heavy (non-hydrogen) atoms. The van der Waals surface area contributed by atoms with E-state index in [0.29, 0.717) is 0 Å². The first kappa shape index (κ1) is 7.93. The molecule has 0 aliphatic heterocycles. The van der Waals surface area contributed by atoms with Crippen molar-refractivity contribution in [2.45, 2.75) is 39.3 Å².